The van der Waals surface area contributed by atoms with Crippen molar-refractivity contribution in [3.8, 4) is 0 Å². The smallest absolute Gasteiger partial charge is 0.362 e. The SMILES string of the molecule is Cc1cc(=O)[nH]c2ccc(N=[N+]=NC(=O)c3cc(S(=O)(=O)N(C)C)ccc3NCCO)cc12. The molecule has 3 N–H and O–H groups in total. The largest absolute Gasteiger partial charge is 0.395 e. The summed E-state index contributed by atoms with van der Waals surface area (Å²) in [6.07, 6.45) is 0. The van der Waals surface area contributed by atoms with Gasteiger partial charge in [0.15, 0.2) is 10.8 Å². The Bertz CT molecular complexity index is 1440. The van der Waals surface area contributed by atoms with E-state index in [2.05, 4.69) is 25.4 Å². The maximum Gasteiger partial charge on any atom is 0.362 e. The molecule has 33 heavy (non-hydrogen) atoms. The summed E-state index contributed by atoms with van der Waals surface area (Å²) in [5.74, 6) is -0.809. The molecule has 0 radical (unpaired) electrons. The number of fused-ring (bicyclic) bond motifs is 1. The molecule has 0 fully saturated rings. The number of benzene rings is 2. The van der Waals surface area contributed by atoms with Crippen LogP contribution in [0, 0.1) is 6.92 Å². The lowest BCUT2D eigenvalue weighted by Crippen LogP contribution is -2.22. The summed E-state index contributed by atoms with van der Waals surface area (Å²) in [6.45, 7) is 1.76. The predicted octanol–water partition coefficient (Wildman–Crippen LogP) is 1.93. The zero-order chi connectivity index (χ0) is 24.2. The van der Waals surface area contributed by atoms with Gasteiger partial charge in [-0.3, -0.25) is 9.59 Å². The Morgan fingerprint density at radius 3 is 2.64 bits per heavy atom. The summed E-state index contributed by atoms with van der Waals surface area (Å²) in [7, 11) is -1.01. The summed E-state index contributed by atoms with van der Waals surface area (Å²) in [5.41, 5.74) is 1.88. The molecule has 2 aromatic carbocycles. The van der Waals surface area contributed by atoms with Crippen LogP contribution in [0.15, 0.2) is 62.4 Å². The molecule has 0 atom stereocenters. The van der Waals surface area contributed by atoms with Crippen LogP contribution in [0.25, 0.3) is 10.9 Å². The number of H-pyrrole nitrogens is 1. The molecule has 0 spiro atoms. The van der Waals surface area contributed by atoms with Gasteiger partial charge in [-0.15, -0.1) is 0 Å². The maximum atomic E-state index is 12.7. The van der Waals surface area contributed by atoms with E-state index in [-0.39, 0.29) is 29.2 Å². The van der Waals surface area contributed by atoms with E-state index in [1.54, 1.807) is 25.1 Å². The molecule has 0 aliphatic rings. The lowest BCUT2D eigenvalue weighted by atomic mass is 10.1. The van der Waals surface area contributed by atoms with Gasteiger partial charge in [-0.05, 0) is 48.9 Å². The number of aliphatic hydroxyl groups is 1. The number of nitrogens with zero attached hydrogens (tertiary/aromatic N) is 4. The van der Waals surface area contributed by atoms with E-state index in [9.17, 15) is 18.0 Å². The summed E-state index contributed by atoms with van der Waals surface area (Å²) in [5, 5.41) is 20.2. The number of aromatic amines is 1. The third-order valence-corrected chi connectivity index (χ3v) is 6.57. The van der Waals surface area contributed by atoms with Gasteiger partial charge in [-0.25, -0.2) is 12.7 Å². The van der Waals surface area contributed by atoms with E-state index in [0.717, 1.165) is 15.3 Å². The summed E-state index contributed by atoms with van der Waals surface area (Å²) in [6, 6.07) is 10.4. The van der Waals surface area contributed by atoms with Crippen LogP contribution in [0.3, 0.4) is 0 Å². The van der Waals surface area contributed by atoms with Gasteiger partial charge < -0.3 is 15.4 Å². The van der Waals surface area contributed by atoms with Crippen LogP contribution < -0.4 is 15.8 Å². The number of amides is 1. The minimum Gasteiger partial charge on any atom is -0.395 e. The molecule has 3 aromatic rings. The standard InChI is InChI=1S/C21H22N6O5S/c1-13-10-20(29)23-19-6-4-14(11-16(13)19)24-26-25-21(30)17-12-15(33(31,32)27(2)3)5-7-18(17)22-8-9-28/h4-7,10-12,28H,8-9H2,1-3H3,(H,22,30)/p+1. The van der Waals surface area contributed by atoms with E-state index in [1.807, 2.05) is 0 Å². The molecule has 0 saturated carbocycles. The van der Waals surface area contributed by atoms with Crippen LogP contribution in [0.5, 0.6) is 0 Å². The van der Waals surface area contributed by atoms with E-state index < -0.39 is 15.9 Å². The molecule has 0 bridgehead atoms. The topological polar surface area (TPSA) is 158 Å². The monoisotopic (exact) mass is 471 g/mol. The zero-order valence-electron chi connectivity index (χ0n) is 18.2. The highest BCUT2D eigenvalue weighted by atomic mass is 32.2. The van der Waals surface area contributed by atoms with E-state index in [1.165, 1.54) is 38.4 Å². The first-order valence-corrected chi connectivity index (χ1v) is 11.3. The Balaban J connectivity index is 1.97. The number of anilines is 1. The van der Waals surface area contributed by atoms with Crippen molar-refractivity contribution in [2.45, 2.75) is 11.8 Å². The zero-order valence-corrected chi connectivity index (χ0v) is 19.0. The normalized spacial score (nSPS) is 11.3. The van der Waals surface area contributed by atoms with Crippen molar-refractivity contribution in [1.82, 2.24) is 14.2 Å². The molecule has 3 rings (SSSR count). The van der Waals surface area contributed by atoms with Gasteiger partial charge in [0.05, 0.1) is 17.1 Å². The van der Waals surface area contributed by atoms with Crippen LogP contribution in [-0.4, -0.2) is 56.0 Å². The van der Waals surface area contributed by atoms with Crippen LogP contribution in [0.2, 0.25) is 0 Å². The number of aromatic nitrogens is 1. The van der Waals surface area contributed by atoms with Gasteiger partial charge in [-0.1, -0.05) is 0 Å². The molecule has 1 aromatic heterocycles. The van der Waals surface area contributed by atoms with E-state index in [4.69, 9.17) is 5.11 Å². The van der Waals surface area contributed by atoms with Gasteiger partial charge in [0.25, 0.3) is 0 Å². The highest BCUT2D eigenvalue weighted by Gasteiger charge is 2.23. The number of nitrogens with one attached hydrogen (secondary N) is 2. The van der Waals surface area contributed by atoms with Crippen molar-refractivity contribution < 1.29 is 18.3 Å². The third kappa shape index (κ3) is 5.38. The number of carbonyl (C=O) groups is 1. The van der Waals surface area contributed by atoms with Crippen molar-refractivity contribution in [3.63, 3.8) is 0 Å². The molecular weight excluding hydrogens is 448 g/mol. The Hall–Kier alpha value is -3.70. The fourth-order valence-corrected chi connectivity index (χ4v) is 3.99. The number of aryl methyl sites for hydroxylation is 1. The van der Waals surface area contributed by atoms with Crippen LogP contribution in [0.4, 0.5) is 11.4 Å². The van der Waals surface area contributed by atoms with Crippen LogP contribution >= 0.6 is 0 Å². The molecule has 1 heterocycles. The first-order chi connectivity index (χ1) is 15.6. The third-order valence-electron chi connectivity index (χ3n) is 4.76. The molecule has 11 nitrogen and oxygen atoms in total. The number of aliphatic hydroxyl groups excluding tert-OH is 1. The van der Waals surface area contributed by atoms with E-state index in [0.29, 0.717) is 16.9 Å². The molecule has 1 amide bonds. The first kappa shape index (κ1) is 24.0. The molecule has 0 aliphatic heterocycles. The number of hydrogen-bond acceptors (Lipinski definition) is 7. The number of sulfonamides is 1. The summed E-state index contributed by atoms with van der Waals surface area (Å²) in [4.78, 5) is 30.5. The average Bonchev–Trinajstić information content (AvgIpc) is 2.77. The predicted molar refractivity (Wildman–Crippen MR) is 123 cm³/mol. The second-order valence-electron chi connectivity index (χ2n) is 7.29. The highest BCUT2D eigenvalue weighted by Crippen LogP contribution is 2.23. The van der Waals surface area contributed by atoms with Crippen molar-refractivity contribution in [2.24, 2.45) is 10.2 Å². The number of pyridine rings is 1. The lowest BCUT2D eigenvalue weighted by molar-refractivity contribution is 0.0993. The van der Waals surface area contributed by atoms with Gasteiger partial charge >= 0.3 is 5.91 Å². The molecule has 172 valence electrons. The molecule has 12 heteroatoms. The maximum absolute atomic E-state index is 12.7. The summed E-state index contributed by atoms with van der Waals surface area (Å²) < 4.78 is 25.9. The molecular formula is C21H23N6O5S+. The minimum absolute atomic E-state index is 0.0303. The fourth-order valence-electron chi connectivity index (χ4n) is 3.06. The second kappa shape index (κ2) is 9.84. The Morgan fingerprint density at radius 2 is 1.94 bits per heavy atom. The fraction of sp³-hybridized carbons (Fsp3) is 0.238. The highest BCUT2D eigenvalue weighted by molar-refractivity contribution is 7.89. The Kier molecular flexibility index (Phi) is 7.14. The van der Waals surface area contributed by atoms with E-state index >= 15 is 0 Å². The number of rotatable bonds is 7. The average molecular weight is 472 g/mol. The van der Waals surface area contributed by atoms with Gasteiger partial charge in [0.2, 0.25) is 25.6 Å². The molecule has 0 aliphatic carbocycles. The Morgan fingerprint density at radius 1 is 1.18 bits per heavy atom. The minimum atomic E-state index is -3.78. The quantitative estimate of drug-likeness (QED) is 0.353. The first-order valence-electron chi connectivity index (χ1n) is 9.84. The molecule has 0 saturated heterocycles. The Labute approximate surface area is 189 Å². The van der Waals surface area contributed by atoms with Crippen molar-refractivity contribution in [3.05, 3.63) is 63.9 Å². The number of carbonyl (C=O) groups excluding carboxylic acids is 1. The number of hydrogen-bond donors (Lipinski definition) is 3. The van der Waals surface area contributed by atoms with Crippen molar-refractivity contribution >= 4 is 38.2 Å². The van der Waals surface area contributed by atoms with Crippen LogP contribution in [-0.2, 0) is 10.0 Å². The second-order valence-corrected chi connectivity index (χ2v) is 9.44. The van der Waals surface area contributed by atoms with Crippen molar-refractivity contribution in [1.29, 1.82) is 0 Å². The lowest BCUT2D eigenvalue weighted by Gasteiger charge is -2.13. The summed E-state index contributed by atoms with van der Waals surface area (Å²) >= 11 is 0. The van der Waals surface area contributed by atoms with Crippen LogP contribution in [0.1, 0.15) is 15.9 Å². The van der Waals surface area contributed by atoms with Gasteiger partial charge in [-0.2, -0.15) is 0 Å². The molecule has 0 unspecified atom stereocenters. The van der Waals surface area contributed by atoms with Gasteiger partial charge in [0.1, 0.15) is 0 Å². The van der Waals surface area contributed by atoms with Crippen molar-refractivity contribution in [2.75, 3.05) is 32.6 Å². The van der Waals surface area contributed by atoms with Gasteiger partial charge in [0, 0.05) is 43.3 Å².